The highest BCUT2D eigenvalue weighted by Gasteiger charge is 2.05. The van der Waals surface area contributed by atoms with Crippen LogP contribution in [0.5, 0.6) is 0 Å². The monoisotopic (exact) mass is 262 g/mol. The second-order valence-corrected chi connectivity index (χ2v) is 4.53. The molecule has 0 aromatic heterocycles. The van der Waals surface area contributed by atoms with Crippen molar-refractivity contribution in [2.24, 2.45) is 0 Å². The molecule has 0 saturated heterocycles. The Morgan fingerprint density at radius 2 is 1.95 bits per heavy atom. The van der Waals surface area contributed by atoms with Gasteiger partial charge in [0.1, 0.15) is 0 Å². The molecule has 0 radical (unpaired) electrons. The fourth-order valence-corrected chi connectivity index (χ4v) is 1.68. The molecule has 19 heavy (non-hydrogen) atoms. The number of aromatic carboxylic acids is 1. The van der Waals surface area contributed by atoms with Gasteiger partial charge < -0.3 is 14.9 Å². The first kappa shape index (κ1) is 15.1. The number of hydrogen-bond acceptors (Lipinski definition) is 3. The highest BCUT2D eigenvalue weighted by Crippen LogP contribution is 2.04. The molecule has 104 valence electrons. The van der Waals surface area contributed by atoms with Crippen molar-refractivity contribution in [2.45, 2.75) is 19.8 Å². The number of benzene rings is 1. The topological polar surface area (TPSA) is 43.8 Å². The molecule has 4 nitrogen and oxygen atoms in total. The summed E-state index contributed by atoms with van der Waals surface area (Å²) >= 11 is 0. The summed E-state index contributed by atoms with van der Waals surface area (Å²) in [4.78, 5) is 14.7. The van der Waals surface area contributed by atoms with E-state index in [4.69, 9.17) is 5.11 Å². The van der Waals surface area contributed by atoms with Gasteiger partial charge in [-0.2, -0.15) is 0 Å². The van der Waals surface area contributed by atoms with Crippen LogP contribution in [0.15, 0.2) is 42.7 Å². The molecule has 1 N–H and O–H groups in total. The van der Waals surface area contributed by atoms with Crippen LogP contribution >= 0.6 is 0 Å². The Bertz CT molecular complexity index is 404. The van der Waals surface area contributed by atoms with Crippen LogP contribution in [0.3, 0.4) is 0 Å². The molecule has 0 bridgehead atoms. The zero-order chi connectivity index (χ0) is 14.1. The maximum Gasteiger partial charge on any atom is 0.335 e. The second kappa shape index (κ2) is 8.19. The predicted octanol–water partition coefficient (Wildman–Crippen LogP) is 2.85. The van der Waals surface area contributed by atoms with Gasteiger partial charge in [0.25, 0.3) is 0 Å². The normalized spacial score (nSPS) is 13.2. The maximum atomic E-state index is 10.2. The lowest BCUT2D eigenvalue weighted by molar-refractivity contribution is 0.0697. The van der Waals surface area contributed by atoms with Crippen LogP contribution in [-0.4, -0.2) is 41.1 Å². The lowest BCUT2D eigenvalue weighted by atomic mass is 10.2. The molecule has 1 aliphatic rings. The Balaban J connectivity index is 0.000000191. The average molecular weight is 262 g/mol. The Hall–Kier alpha value is -1.97. The third kappa shape index (κ3) is 5.95. The van der Waals surface area contributed by atoms with Crippen LogP contribution in [0.2, 0.25) is 0 Å². The summed E-state index contributed by atoms with van der Waals surface area (Å²) in [6.07, 6.45) is 6.87. The molecular weight excluding hydrogens is 240 g/mol. The summed E-state index contributed by atoms with van der Waals surface area (Å²) < 4.78 is 0. The number of rotatable bonds is 4. The molecule has 0 saturated carbocycles. The lowest BCUT2D eigenvalue weighted by Crippen LogP contribution is -2.23. The van der Waals surface area contributed by atoms with Crippen molar-refractivity contribution in [3.05, 3.63) is 48.3 Å². The SMILES string of the molecule is CCCCN1C=CN(C)C1.O=C(O)c1ccccc1. The number of carbonyl (C=O) groups is 1. The van der Waals surface area contributed by atoms with Crippen molar-refractivity contribution in [3.63, 3.8) is 0 Å². The number of unbranched alkanes of at least 4 members (excludes halogenated alkanes) is 1. The van der Waals surface area contributed by atoms with Crippen molar-refractivity contribution in [1.29, 1.82) is 0 Å². The van der Waals surface area contributed by atoms with E-state index in [1.54, 1.807) is 30.3 Å². The van der Waals surface area contributed by atoms with Crippen molar-refractivity contribution >= 4 is 5.97 Å². The van der Waals surface area contributed by atoms with Gasteiger partial charge in [0, 0.05) is 26.0 Å². The number of nitrogens with zero attached hydrogens (tertiary/aromatic N) is 2. The third-order valence-electron chi connectivity index (χ3n) is 2.76. The lowest BCUT2D eigenvalue weighted by Gasteiger charge is -2.17. The highest BCUT2D eigenvalue weighted by molar-refractivity contribution is 5.87. The van der Waals surface area contributed by atoms with Gasteiger partial charge in [-0.05, 0) is 18.6 Å². The fraction of sp³-hybridized carbons (Fsp3) is 0.400. The highest BCUT2D eigenvalue weighted by atomic mass is 16.4. The molecule has 0 amide bonds. The van der Waals surface area contributed by atoms with Gasteiger partial charge >= 0.3 is 5.97 Å². The van der Waals surface area contributed by atoms with Crippen molar-refractivity contribution < 1.29 is 9.90 Å². The van der Waals surface area contributed by atoms with E-state index in [0.29, 0.717) is 5.56 Å². The Labute approximate surface area is 115 Å². The van der Waals surface area contributed by atoms with Crippen molar-refractivity contribution in [1.82, 2.24) is 9.80 Å². The molecule has 0 atom stereocenters. The number of hydrogen-bond donors (Lipinski definition) is 1. The first-order valence-electron chi connectivity index (χ1n) is 6.54. The smallest absolute Gasteiger partial charge is 0.335 e. The first-order chi connectivity index (χ1) is 9.13. The first-order valence-corrected chi connectivity index (χ1v) is 6.54. The van der Waals surface area contributed by atoms with Gasteiger partial charge in [-0.1, -0.05) is 31.5 Å². The summed E-state index contributed by atoms with van der Waals surface area (Å²) in [6.45, 7) is 4.50. The molecule has 2 rings (SSSR count). The molecule has 1 aromatic carbocycles. The van der Waals surface area contributed by atoms with Gasteiger partial charge in [0.2, 0.25) is 0 Å². The van der Waals surface area contributed by atoms with Crippen LogP contribution in [0.1, 0.15) is 30.1 Å². The fourth-order valence-electron chi connectivity index (χ4n) is 1.68. The van der Waals surface area contributed by atoms with E-state index < -0.39 is 5.97 Å². The predicted molar refractivity (Wildman–Crippen MR) is 76.8 cm³/mol. The minimum atomic E-state index is -0.879. The van der Waals surface area contributed by atoms with Gasteiger partial charge in [-0.3, -0.25) is 0 Å². The quantitative estimate of drug-likeness (QED) is 0.906. The molecule has 1 aromatic rings. The van der Waals surface area contributed by atoms with Crippen LogP contribution in [-0.2, 0) is 0 Å². The molecule has 0 aliphatic carbocycles. The summed E-state index contributed by atoms with van der Waals surface area (Å²) in [5.41, 5.74) is 0.331. The Morgan fingerprint density at radius 1 is 1.26 bits per heavy atom. The van der Waals surface area contributed by atoms with E-state index in [2.05, 4.69) is 36.2 Å². The third-order valence-corrected chi connectivity index (χ3v) is 2.76. The van der Waals surface area contributed by atoms with E-state index >= 15 is 0 Å². The van der Waals surface area contributed by atoms with Crippen molar-refractivity contribution in [3.8, 4) is 0 Å². The van der Waals surface area contributed by atoms with Crippen LogP contribution < -0.4 is 0 Å². The average Bonchev–Trinajstić information content (AvgIpc) is 2.84. The van der Waals surface area contributed by atoms with E-state index in [1.165, 1.54) is 19.4 Å². The van der Waals surface area contributed by atoms with Gasteiger partial charge in [-0.15, -0.1) is 0 Å². The van der Waals surface area contributed by atoms with Crippen molar-refractivity contribution in [2.75, 3.05) is 20.3 Å². The minimum Gasteiger partial charge on any atom is -0.478 e. The minimum absolute atomic E-state index is 0.331. The molecule has 0 fully saturated rings. The Kier molecular flexibility index (Phi) is 6.50. The van der Waals surface area contributed by atoms with Gasteiger partial charge in [0.05, 0.1) is 12.2 Å². The standard InChI is InChI=1S/C8H16N2.C7H6O2/c1-3-4-5-10-7-6-9(2)8-10;8-7(9)6-4-2-1-3-5-6/h6-7H,3-5,8H2,1-2H3;1-5H,(H,8,9). The molecule has 1 aliphatic heterocycles. The molecule has 1 heterocycles. The molecule has 4 heteroatoms. The molecule has 0 unspecified atom stereocenters. The van der Waals surface area contributed by atoms with Crippen LogP contribution in [0, 0.1) is 0 Å². The van der Waals surface area contributed by atoms with Crippen LogP contribution in [0.25, 0.3) is 0 Å². The summed E-state index contributed by atoms with van der Waals surface area (Å²) in [7, 11) is 2.10. The molecular formula is C15H22N2O2. The van der Waals surface area contributed by atoms with E-state index in [0.717, 1.165) is 6.67 Å². The summed E-state index contributed by atoms with van der Waals surface area (Å²) in [5.74, 6) is -0.879. The summed E-state index contributed by atoms with van der Waals surface area (Å²) in [5, 5.41) is 8.38. The number of carboxylic acids is 1. The van der Waals surface area contributed by atoms with Crippen LogP contribution in [0.4, 0.5) is 0 Å². The van der Waals surface area contributed by atoms with E-state index in [9.17, 15) is 4.79 Å². The summed E-state index contributed by atoms with van der Waals surface area (Å²) in [6, 6.07) is 8.30. The van der Waals surface area contributed by atoms with E-state index in [-0.39, 0.29) is 0 Å². The maximum absolute atomic E-state index is 10.2. The van der Waals surface area contributed by atoms with Gasteiger partial charge in [0.15, 0.2) is 0 Å². The largest absolute Gasteiger partial charge is 0.478 e. The number of carboxylic acid groups (broad SMARTS) is 1. The zero-order valence-corrected chi connectivity index (χ0v) is 11.6. The zero-order valence-electron chi connectivity index (χ0n) is 11.6. The Morgan fingerprint density at radius 3 is 2.37 bits per heavy atom. The second-order valence-electron chi connectivity index (χ2n) is 4.53. The molecule has 0 spiro atoms. The van der Waals surface area contributed by atoms with Gasteiger partial charge in [-0.25, -0.2) is 4.79 Å². The van der Waals surface area contributed by atoms with E-state index in [1.807, 2.05) is 0 Å².